The van der Waals surface area contributed by atoms with E-state index in [9.17, 15) is 14.9 Å². The number of Topliss-reactive ketones (excluding diaryl/α,β-unsaturated/α-hetero) is 1. The molecular weight excluding hydrogens is 388 g/mol. The molecule has 5 heteroatoms. The molecule has 0 unspecified atom stereocenters. The van der Waals surface area contributed by atoms with Gasteiger partial charge in [-0.2, -0.15) is 5.26 Å². The lowest BCUT2D eigenvalue weighted by Crippen LogP contribution is -2.16. The first kappa shape index (κ1) is 24.1. The number of carbonyl (C=O) groups excluding carboxylic acids is 2. The fourth-order valence-corrected chi connectivity index (χ4v) is 3.61. The third-order valence-electron chi connectivity index (χ3n) is 5.40. The number of aryl methyl sites for hydroxylation is 3. The van der Waals surface area contributed by atoms with E-state index in [1.807, 2.05) is 58.0 Å². The number of benzene rings is 1. The molecule has 0 saturated carbocycles. The zero-order valence-electron chi connectivity index (χ0n) is 19.4. The topological polar surface area (TPSA) is 72.1 Å². The van der Waals surface area contributed by atoms with E-state index in [2.05, 4.69) is 18.4 Å². The number of hydrogen-bond acceptors (Lipinski definition) is 4. The lowest BCUT2D eigenvalue weighted by atomic mass is 9.98. The van der Waals surface area contributed by atoms with Gasteiger partial charge in [-0.15, -0.1) is 0 Å². The minimum absolute atomic E-state index is 0.115. The van der Waals surface area contributed by atoms with E-state index >= 15 is 0 Å². The molecule has 5 nitrogen and oxygen atoms in total. The zero-order chi connectivity index (χ0) is 23.1. The van der Waals surface area contributed by atoms with Crippen LogP contribution in [0.4, 0.5) is 0 Å². The number of esters is 1. The molecule has 0 amide bonds. The molecule has 0 saturated heterocycles. The molecule has 164 valence electrons. The zero-order valence-corrected chi connectivity index (χ0v) is 19.4. The maximum Gasteiger partial charge on any atom is 0.349 e. The van der Waals surface area contributed by atoms with Gasteiger partial charge in [0.2, 0.25) is 5.78 Å². The monoisotopic (exact) mass is 420 g/mol. The standard InChI is InChI=1S/C26H32N2O3/c1-7-20-9-10-21(8-2)24(12-20)25(29)16-31-26(30)23(14-27)13-22-11-18(5)28(19(22)6)15-17(3)4/h9-13,17H,7-8,15-16H2,1-6H3/b23-13+. The lowest BCUT2D eigenvalue weighted by molar-refractivity contribution is -0.137. The number of ether oxygens (including phenoxy) is 1. The van der Waals surface area contributed by atoms with E-state index in [-0.39, 0.29) is 18.0 Å². The molecule has 2 rings (SSSR count). The summed E-state index contributed by atoms with van der Waals surface area (Å²) < 4.78 is 7.39. The molecule has 0 radical (unpaired) electrons. The quantitative estimate of drug-likeness (QED) is 0.241. The van der Waals surface area contributed by atoms with Gasteiger partial charge in [0, 0.05) is 23.5 Å². The summed E-state index contributed by atoms with van der Waals surface area (Å²) in [7, 11) is 0. The van der Waals surface area contributed by atoms with Crippen molar-refractivity contribution in [2.24, 2.45) is 5.92 Å². The van der Waals surface area contributed by atoms with Crippen LogP contribution in [0.15, 0.2) is 29.8 Å². The maximum atomic E-state index is 12.7. The third kappa shape index (κ3) is 5.95. The van der Waals surface area contributed by atoms with Gasteiger partial charge in [0.1, 0.15) is 11.6 Å². The summed E-state index contributed by atoms with van der Waals surface area (Å²) in [5.74, 6) is -0.561. The summed E-state index contributed by atoms with van der Waals surface area (Å²) in [6, 6.07) is 9.69. The van der Waals surface area contributed by atoms with Crippen LogP contribution in [0.25, 0.3) is 6.08 Å². The SMILES string of the molecule is CCc1ccc(CC)c(C(=O)COC(=O)/C(C#N)=C/c2cc(C)n(CC(C)C)c2C)c1. The average molecular weight is 421 g/mol. The van der Waals surface area contributed by atoms with Crippen LogP contribution in [0.2, 0.25) is 0 Å². The molecule has 0 spiro atoms. The Morgan fingerprint density at radius 2 is 1.87 bits per heavy atom. The molecule has 0 aliphatic carbocycles. The van der Waals surface area contributed by atoms with Crippen molar-refractivity contribution in [3.63, 3.8) is 0 Å². The second kappa shape index (κ2) is 10.8. The number of ketones is 1. The summed E-state index contributed by atoms with van der Waals surface area (Å²) in [5.41, 5.74) is 5.31. The van der Waals surface area contributed by atoms with Crippen LogP contribution < -0.4 is 0 Å². The molecule has 1 heterocycles. The molecule has 0 fully saturated rings. The number of nitrogens with zero attached hydrogens (tertiary/aromatic N) is 2. The Hall–Kier alpha value is -3.13. The Morgan fingerprint density at radius 3 is 2.45 bits per heavy atom. The van der Waals surface area contributed by atoms with Crippen LogP contribution in [0.3, 0.4) is 0 Å². The Morgan fingerprint density at radius 1 is 1.16 bits per heavy atom. The first-order chi connectivity index (χ1) is 14.7. The molecule has 0 aliphatic heterocycles. The Bertz CT molecular complexity index is 1040. The molecule has 1 aromatic carbocycles. The van der Waals surface area contributed by atoms with Crippen molar-refractivity contribution in [1.29, 1.82) is 5.26 Å². The highest BCUT2D eigenvalue weighted by molar-refractivity contribution is 6.02. The molecule has 0 N–H and O–H groups in total. The average Bonchev–Trinajstić information content (AvgIpc) is 3.01. The molecule has 31 heavy (non-hydrogen) atoms. The first-order valence-electron chi connectivity index (χ1n) is 10.8. The highest BCUT2D eigenvalue weighted by atomic mass is 16.5. The van der Waals surface area contributed by atoms with Crippen molar-refractivity contribution in [3.05, 3.63) is 63.5 Å². The van der Waals surface area contributed by atoms with Gasteiger partial charge in [-0.1, -0.05) is 39.8 Å². The van der Waals surface area contributed by atoms with Gasteiger partial charge < -0.3 is 9.30 Å². The Balaban J connectivity index is 2.18. The second-order valence-corrected chi connectivity index (χ2v) is 8.20. The van der Waals surface area contributed by atoms with Crippen LogP contribution in [0, 0.1) is 31.1 Å². The van der Waals surface area contributed by atoms with Crippen LogP contribution in [0.1, 0.15) is 66.1 Å². The van der Waals surface area contributed by atoms with Gasteiger partial charge in [-0.05, 0) is 67.5 Å². The largest absolute Gasteiger partial charge is 0.453 e. The highest BCUT2D eigenvalue weighted by Gasteiger charge is 2.18. The van der Waals surface area contributed by atoms with Gasteiger partial charge in [-0.3, -0.25) is 4.79 Å². The predicted octanol–water partition coefficient (Wildman–Crippen LogP) is 5.22. The first-order valence-corrected chi connectivity index (χ1v) is 10.8. The van der Waals surface area contributed by atoms with Crippen LogP contribution in [-0.2, 0) is 28.9 Å². The van der Waals surface area contributed by atoms with Crippen LogP contribution >= 0.6 is 0 Å². The fourth-order valence-electron chi connectivity index (χ4n) is 3.61. The number of carbonyl (C=O) groups is 2. The molecule has 0 aliphatic rings. The van der Waals surface area contributed by atoms with E-state index in [4.69, 9.17) is 4.74 Å². The van der Waals surface area contributed by atoms with Gasteiger partial charge in [0.05, 0.1) is 0 Å². The molecule has 0 bridgehead atoms. The maximum absolute atomic E-state index is 12.7. The molecular formula is C26H32N2O3. The fraction of sp³-hybridized carbons (Fsp3) is 0.423. The van der Waals surface area contributed by atoms with Gasteiger partial charge in [0.25, 0.3) is 0 Å². The van der Waals surface area contributed by atoms with E-state index in [1.165, 1.54) is 0 Å². The third-order valence-corrected chi connectivity index (χ3v) is 5.40. The van der Waals surface area contributed by atoms with Crippen molar-refractivity contribution >= 4 is 17.8 Å². The number of rotatable bonds is 9. The summed E-state index contributed by atoms with van der Waals surface area (Å²) in [4.78, 5) is 25.2. The minimum Gasteiger partial charge on any atom is -0.453 e. The van der Waals surface area contributed by atoms with Gasteiger partial charge >= 0.3 is 5.97 Å². The van der Waals surface area contributed by atoms with Gasteiger partial charge in [-0.25, -0.2) is 4.79 Å². The van der Waals surface area contributed by atoms with E-state index in [0.717, 1.165) is 41.0 Å². The summed E-state index contributed by atoms with van der Waals surface area (Å²) >= 11 is 0. The summed E-state index contributed by atoms with van der Waals surface area (Å²) in [6.45, 7) is 12.7. The highest BCUT2D eigenvalue weighted by Crippen LogP contribution is 2.20. The number of aromatic nitrogens is 1. The van der Waals surface area contributed by atoms with E-state index in [1.54, 1.807) is 6.08 Å². The van der Waals surface area contributed by atoms with Crippen molar-refractivity contribution in [2.75, 3.05) is 6.61 Å². The van der Waals surface area contributed by atoms with E-state index < -0.39 is 5.97 Å². The van der Waals surface area contributed by atoms with Crippen molar-refractivity contribution in [2.45, 2.75) is 60.9 Å². The smallest absolute Gasteiger partial charge is 0.349 e. The summed E-state index contributed by atoms with van der Waals surface area (Å²) in [5, 5.41) is 9.49. The van der Waals surface area contributed by atoms with Crippen molar-refractivity contribution in [3.8, 4) is 6.07 Å². The predicted molar refractivity (Wildman–Crippen MR) is 123 cm³/mol. The Kier molecular flexibility index (Phi) is 8.38. The van der Waals surface area contributed by atoms with Gasteiger partial charge in [0.15, 0.2) is 6.61 Å². The van der Waals surface area contributed by atoms with Crippen molar-refractivity contribution in [1.82, 2.24) is 4.57 Å². The number of hydrogen-bond donors (Lipinski definition) is 0. The van der Waals surface area contributed by atoms with Crippen LogP contribution in [-0.4, -0.2) is 22.9 Å². The Labute approximate surface area is 185 Å². The van der Waals surface area contributed by atoms with Crippen molar-refractivity contribution < 1.29 is 14.3 Å². The number of nitriles is 1. The normalized spacial score (nSPS) is 11.5. The van der Waals surface area contributed by atoms with E-state index in [0.29, 0.717) is 17.9 Å². The molecule has 0 atom stereocenters. The minimum atomic E-state index is -0.783. The molecule has 2 aromatic rings. The molecule has 1 aromatic heterocycles. The lowest BCUT2D eigenvalue weighted by Gasteiger charge is -2.12. The van der Waals surface area contributed by atoms with Crippen LogP contribution in [0.5, 0.6) is 0 Å². The summed E-state index contributed by atoms with van der Waals surface area (Å²) in [6.07, 6.45) is 3.08. The second-order valence-electron chi connectivity index (χ2n) is 8.20.